The van der Waals surface area contributed by atoms with Gasteiger partial charge in [0.05, 0.1) is 12.7 Å². The van der Waals surface area contributed by atoms with E-state index >= 15 is 0 Å². The molecule has 0 radical (unpaired) electrons. The molecule has 0 atom stereocenters. The van der Waals surface area contributed by atoms with Crippen molar-refractivity contribution in [2.24, 2.45) is 5.73 Å². The van der Waals surface area contributed by atoms with Gasteiger partial charge in [0.15, 0.2) is 0 Å². The Morgan fingerprint density at radius 3 is 2.48 bits per heavy atom. The Labute approximate surface area is 125 Å². The molecule has 0 saturated carbocycles. The summed E-state index contributed by atoms with van der Waals surface area (Å²) in [5, 5.41) is 0. The fraction of sp³-hybridized carbons (Fsp3) is 0.353. The number of carbonyl (C=O) groups excluding carboxylic acids is 1. The number of aromatic nitrogens is 1. The second kappa shape index (κ2) is 6.48. The van der Waals surface area contributed by atoms with Crippen molar-refractivity contribution in [1.82, 2.24) is 4.57 Å². The number of methoxy groups -OCH3 is 1. The van der Waals surface area contributed by atoms with E-state index in [0.717, 1.165) is 42.1 Å². The number of amides is 1. The first kappa shape index (κ1) is 15.2. The van der Waals surface area contributed by atoms with Crippen LogP contribution in [-0.4, -0.2) is 17.6 Å². The van der Waals surface area contributed by atoms with Crippen molar-refractivity contribution in [3.05, 3.63) is 41.6 Å². The van der Waals surface area contributed by atoms with Gasteiger partial charge in [-0.15, -0.1) is 0 Å². The van der Waals surface area contributed by atoms with Crippen LogP contribution < -0.4 is 10.5 Å². The topological polar surface area (TPSA) is 57.2 Å². The standard InChI is InChI=1S/C17H22N2O2/c1-4-5-10-19-12(2)15(17(18)20)11-16(19)13-6-8-14(21-3)9-7-13/h6-9,11H,4-5,10H2,1-3H3,(H2,18,20). The van der Waals surface area contributed by atoms with Crippen LogP contribution in [0.5, 0.6) is 5.75 Å². The van der Waals surface area contributed by atoms with E-state index in [0.29, 0.717) is 5.56 Å². The summed E-state index contributed by atoms with van der Waals surface area (Å²) in [6.45, 7) is 4.99. The molecule has 0 unspecified atom stereocenters. The molecule has 0 aliphatic heterocycles. The van der Waals surface area contributed by atoms with Gasteiger partial charge in [0.2, 0.25) is 0 Å². The molecule has 1 heterocycles. The monoisotopic (exact) mass is 286 g/mol. The van der Waals surface area contributed by atoms with E-state index in [1.807, 2.05) is 37.3 Å². The van der Waals surface area contributed by atoms with Crippen LogP contribution in [0.1, 0.15) is 35.8 Å². The zero-order chi connectivity index (χ0) is 15.4. The first-order valence-electron chi connectivity index (χ1n) is 7.22. The van der Waals surface area contributed by atoms with Gasteiger partial charge in [-0.05, 0) is 49.2 Å². The second-order valence-corrected chi connectivity index (χ2v) is 5.13. The maximum Gasteiger partial charge on any atom is 0.250 e. The number of nitrogens with zero attached hydrogens (tertiary/aromatic N) is 1. The summed E-state index contributed by atoms with van der Waals surface area (Å²) in [6.07, 6.45) is 2.17. The quantitative estimate of drug-likeness (QED) is 0.885. The maximum atomic E-state index is 11.6. The van der Waals surface area contributed by atoms with Crippen LogP contribution in [0.4, 0.5) is 0 Å². The number of nitrogens with two attached hydrogens (primary N) is 1. The molecule has 4 heteroatoms. The molecule has 0 saturated heterocycles. The summed E-state index contributed by atoms with van der Waals surface area (Å²) in [6, 6.07) is 9.73. The molecule has 4 nitrogen and oxygen atoms in total. The van der Waals surface area contributed by atoms with Crippen LogP contribution in [0.3, 0.4) is 0 Å². The lowest BCUT2D eigenvalue weighted by atomic mass is 10.1. The van der Waals surface area contributed by atoms with Crippen molar-refractivity contribution in [2.45, 2.75) is 33.2 Å². The molecule has 2 rings (SSSR count). The van der Waals surface area contributed by atoms with Gasteiger partial charge in [-0.1, -0.05) is 13.3 Å². The van der Waals surface area contributed by atoms with Gasteiger partial charge < -0.3 is 15.0 Å². The zero-order valence-electron chi connectivity index (χ0n) is 12.8. The van der Waals surface area contributed by atoms with E-state index in [4.69, 9.17) is 10.5 Å². The number of primary amides is 1. The van der Waals surface area contributed by atoms with E-state index in [9.17, 15) is 4.79 Å². The number of benzene rings is 1. The highest BCUT2D eigenvalue weighted by Crippen LogP contribution is 2.28. The summed E-state index contributed by atoms with van der Waals surface area (Å²) in [5.74, 6) is 0.440. The Kier molecular flexibility index (Phi) is 4.68. The predicted octanol–water partition coefficient (Wildman–Crippen LogP) is 3.37. The van der Waals surface area contributed by atoms with Crippen molar-refractivity contribution in [1.29, 1.82) is 0 Å². The zero-order valence-corrected chi connectivity index (χ0v) is 12.8. The third-order valence-electron chi connectivity index (χ3n) is 3.75. The van der Waals surface area contributed by atoms with Gasteiger partial charge in [-0.3, -0.25) is 4.79 Å². The Balaban J connectivity index is 2.49. The first-order chi connectivity index (χ1) is 10.1. The fourth-order valence-corrected chi connectivity index (χ4v) is 2.50. The number of carbonyl (C=O) groups is 1. The summed E-state index contributed by atoms with van der Waals surface area (Å²) < 4.78 is 7.36. The molecule has 1 amide bonds. The lowest BCUT2D eigenvalue weighted by Crippen LogP contribution is -2.12. The van der Waals surface area contributed by atoms with Crippen LogP contribution in [0, 0.1) is 6.92 Å². The SMILES string of the molecule is CCCCn1c(-c2ccc(OC)cc2)cc(C(N)=O)c1C. The molecule has 0 fully saturated rings. The molecule has 0 bridgehead atoms. The van der Waals surface area contributed by atoms with Crippen LogP contribution in [0.15, 0.2) is 30.3 Å². The van der Waals surface area contributed by atoms with Crippen LogP contribution in [-0.2, 0) is 6.54 Å². The largest absolute Gasteiger partial charge is 0.497 e. The number of hydrogen-bond donors (Lipinski definition) is 1. The van der Waals surface area contributed by atoms with Gasteiger partial charge in [0.1, 0.15) is 5.75 Å². The smallest absolute Gasteiger partial charge is 0.250 e. The van der Waals surface area contributed by atoms with E-state index in [2.05, 4.69) is 11.5 Å². The highest BCUT2D eigenvalue weighted by molar-refractivity contribution is 5.95. The normalized spacial score (nSPS) is 10.6. The lowest BCUT2D eigenvalue weighted by molar-refractivity contribution is 0.0999. The van der Waals surface area contributed by atoms with Crippen molar-refractivity contribution in [3.8, 4) is 17.0 Å². The lowest BCUT2D eigenvalue weighted by Gasteiger charge is -2.12. The van der Waals surface area contributed by atoms with Gasteiger partial charge >= 0.3 is 0 Å². The van der Waals surface area contributed by atoms with E-state index in [1.54, 1.807) is 7.11 Å². The molecule has 0 spiro atoms. The number of ether oxygens (including phenoxy) is 1. The van der Waals surface area contributed by atoms with E-state index in [-0.39, 0.29) is 5.91 Å². The van der Waals surface area contributed by atoms with Crippen molar-refractivity contribution >= 4 is 5.91 Å². The molecule has 2 aromatic rings. The summed E-state index contributed by atoms with van der Waals surface area (Å²) >= 11 is 0. The predicted molar refractivity (Wildman–Crippen MR) is 84.6 cm³/mol. The number of hydrogen-bond acceptors (Lipinski definition) is 2. The van der Waals surface area contributed by atoms with Gasteiger partial charge in [0.25, 0.3) is 5.91 Å². The molecule has 1 aromatic heterocycles. The minimum absolute atomic E-state index is 0.377. The fourth-order valence-electron chi connectivity index (χ4n) is 2.50. The van der Waals surface area contributed by atoms with E-state index < -0.39 is 0 Å². The Hall–Kier alpha value is -2.23. The van der Waals surface area contributed by atoms with Gasteiger partial charge in [0, 0.05) is 17.9 Å². The highest BCUT2D eigenvalue weighted by Gasteiger charge is 2.16. The Morgan fingerprint density at radius 2 is 1.95 bits per heavy atom. The third-order valence-corrected chi connectivity index (χ3v) is 3.75. The number of rotatable bonds is 6. The Morgan fingerprint density at radius 1 is 1.29 bits per heavy atom. The van der Waals surface area contributed by atoms with E-state index in [1.165, 1.54) is 0 Å². The van der Waals surface area contributed by atoms with Crippen LogP contribution >= 0.6 is 0 Å². The highest BCUT2D eigenvalue weighted by atomic mass is 16.5. The molecular formula is C17H22N2O2. The van der Waals surface area contributed by atoms with Crippen LogP contribution in [0.25, 0.3) is 11.3 Å². The average Bonchev–Trinajstić information content (AvgIpc) is 2.82. The summed E-state index contributed by atoms with van der Waals surface area (Å²) in [4.78, 5) is 11.6. The molecule has 0 aliphatic carbocycles. The molecule has 0 aliphatic rings. The average molecular weight is 286 g/mol. The summed E-state index contributed by atoms with van der Waals surface area (Å²) in [7, 11) is 1.65. The third kappa shape index (κ3) is 3.10. The molecule has 1 aromatic carbocycles. The first-order valence-corrected chi connectivity index (χ1v) is 7.22. The van der Waals surface area contributed by atoms with Crippen molar-refractivity contribution in [2.75, 3.05) is 7.11 Å². The maximum absolute atomic E-state index is 11.6. The molecule has 21 heavy (non-hydrogen) atoms. The molecule has 112 valence electrons. The van der Waals surface area contributed by atoms with Crippen LogP contribution in [0.2, 0.25) is 0 Å². The minimum Gasteiger partial charge on any atom is -0.497 e. The summed E-state index contributed by atoms with van der Waals surface area (Å²) in [5.41, 5.74) is 9.09. The second-order valence-electron chi connectivity index (χ2n) is 5.13. The molecule has 2 N–H and O–H groups in total. The van der Waals surface area contributed by atoms with Gasteiger partial charge in [-0.2, -0.15) is 0 Å². The minimum atomic E-state index is -0.377. The Bertz CT molecular complexity index is 627. The van der Waals surface area contributed by atoms with Crippen molar-refractivity contribution < 1.29 is 9.53 Å². The molecular weight excluding hydrogens is 264 g/mol. The number of unbranched alkanes of at least 4 members (excludes halogenated alkanes) is 1. The van der Waals surface area contributed by atoms with Crippen molar-refractivity contribution in [3.63, 3.8) is 0 Å². The van der Waals surface area contributed by atoms with Gasteiger partial charge in [-0.25, -0.2) is 0 Å².